The molecule has 0 saturated heterocycles. The van der Waals surface area contributed by atoms with Crippen LogP contribution in [0.1, 0.15) is 22.8 Å². The highest BCUT2D eigenvalue weighted by Crippen LogP contribution is 2.30. The van der Waals surface area contributed by atoms with Gasteiger partial charge in [-0.05, 0) is 24.3 Å². The maximum absolute atomic E-state index is 12.3. The summed E-state index contributed by atoms with van der Waals surface area (Å²) in [5.41, 5.74) is 3.19. The molecule has 1 aliphatic rings. The van der Waals surface area contributed by atoms with Gasteiger partial charge in [0.1, 0.15) is 12.4 Å². The van der Waals surface area contributed by atoms with Gasteiger partial charge in [-0.2, -0.15) is 0 Å². The number of hydrogen-bond acceptors (Lipinski definition) is 4. The van der Waals surface area contributed by atoms with E-state index in [1.165, 1.54) is 4.90 Å². The van der Waals surface area contributed by atoms with Crippen LogP contribution in [0.3, 0.4) is 0 Å². The van der Waals surface area contributed by atoms with E-state index in [0.717, 1.165) is 22.5 Å². The number of aliphatic imine (C=N–C) groups is 1. The van der Waals surface area contributed by atoms with E-state index < -0.39 is 0 Å². The van der Waals surface area contributed by atoms with Gasteiger partial charge in [0, 0.05) is 35.3 Å². The number of aromatic nitrogens is 3. The number of halogens is 2. The van der Waals surface area contributed by atoms with Gasteiger partial charge in [-0.3, -0.25) is 14.4 Å². The fourth-order valence-electron chi connectivity index (χ4n) is 3.15. The van der Waals surface area contributed by atoms with Gasteiger partial charge in [-0.1, -0.05) is 41.4 Å². The zero-order valence-electron chi connectivity index (χ0n) is 15.4. The largest absolute Gasteiger partial charge is 0.348 e. The van der Waals surface area contributed by atoms with Gasteiger partial charge >= 0.3 is 0 Å². The predicted molar refractivity (Wildman–Crippen MR) is 110 cm³/mol. The summed E-state index contributed by atoms with van der Waals surface area (Å²) in [5, 5.41) is 9.69. The van der Waals surface area contributed by atoms with E-state index in [4.69, 9.17) is 28.2 Å². The van der Waals surface area contributed by atoms with Gasteiger partial charge in [0.2, 0.25) is 5.91 Å². The lowest BCUT2D eigenvalue weighted by molar-refractivity contribution is -0.128. The van der Waals surface area contributed by atoms with Crippen LogP contribution in [0.4, 0.5) is 0 Å². The lowest BCUT2D eigenvalue weighted by Crippen LogP contribution is -2.25. The Kier molecular flexibility index (Phi) is 4.91. The summed E-state index contributed by atoms with van der Waals surface area (Å²) in [5.74, 6) is 1.17. The second-order valence-corrected chi connectivity index (χ2v) is 7.48. The van der Waals surface area contributed by atoms with E-state index in [1.54, 1.807) is 20.2 Å². The minimum Gasteiger partial charge on any atom is -0.348 e. The summed E-state index contributed by atoms with van der Waals surface area (Å²) in [7, 11) is 3.43. The zero-order chi connectivity index (χ0) is 19.8. The molecule has 1 amide bonds. The van der Waals surface area contributed by atoms with Gasteiger partial charge in [-0.25, -0.2) is 0 Å². The molecule has 0 unspecified atom stereocenters. The molecule has 0 radical (unpaired) electrons. The summed E-state index contributed by atoms with van der Waals surface area (Å²) >= 11 is 12.7. The Bertz CT molecular complexity index is 1100. The van der Waals surface area contributed by atoms with E-state index in [0.29, 0.717) is 28.2 Å². The average Bonchev–Trinajstić information content (AvgIpc) is 2.98. The first-order valence-corrected chi connectivity index (χ1v) is 9.44. The number of nitrogens with zero attached hydrogens (tertiary/aromatic N) is 5. The van der Waals surface area contributed by atoms with Crippen LogP contribution in [0, 0.1) is 0 Å². The molecule has 0 bridgehead atoms. The smallest absolute Gasteiger partial charge is 0.229 e. The minimum absolute atomic E-state index is 0.0535. The average molecular weight is 414 g/mol. The predicted octanol–water partition coefficient (Wildman–Crippen LogP) is 3.56. The molecule has 142 valence electrons. The second kappa shape index (κ2) is 7.37. The molecular formula is C20H17Cl2N5O. The number of hydrogen-bond donors (Lipinski definition) is 0. The molecule has 6 nitrogen and oxygen atoms in total. The number of likely N-dealkylation sites (N-methyl/N-ethyl adjacent to an activating group) is 1. The third-order valence-electron chi connectivity index (χ3n) is 4.57. The lowest BCUT2D eigenvalue weighted by Gasteiger charge is -2.15. The van der Waals surface area contributed by atoms with Crippen molar-refractivity contribution in [2.24, 2.45) is 4.99 Å². The van der Waals surface area contributed by atoms with Crippen molar-refractivity contribution < 1.29 is 4.79 Å². The van der Waals surface area contributed by atoms with Crippen LogP contribution in [0.25, 0.3) is 5.69 Å². The van der Waals surface area contributed by atoms with Crippen LogP contribution < -0.4 is 0 Å². The highest BCUT2D eigenvalue weighted by molar-refractivity contribution is 6.36. The molecule has 3 aromatic rings. The fraction of sp³-hybridized carbons (Fsp3) is 0.200. The highest BCUT2D eigenvalue weighted by atomic mass is 35.5. The standard InChI is InChI=1S/C20H17Cl2N5O/c1-26(2)19(28)10-17-24-25-18-11-23-20(13-5-3-4-6-15(13)22)14-9-12(21)7-8-16(14)27(17)18/h3-9H,10-11H2,1-2H3. The number of fused-ring (bicyclic) bond motifs is 3. The second-order valence-electron chi connectivity index (χ2n) is 6.64. The summed E-state index contributed by atoms with van der Waals surface area (Å²) in [6, 6.07) is 13.1. The topological polar surface area (TPSA) is 63.4 Å². The van der Waals surface area contributed by atoms with Crippen molar-refractivity contribution in [3.05, 3.63) is 75.3 Å². The number of carbonyl (C=O) groups excluding carboxylic acids is 1. The molecule has 0 fully saturated rings. The van der Waals surface area contributed by atoms with E-state index in [9.17, 15) is 4.79 Å². The van der Waals surface area contributed by atoms with Crippen LogP contribution in [0.5, 0.6) is 0 Å². The van der Waals surface area contributed by atoms with E-state index >= 15 is 0 Å². The number of benzene rings is 2. The van der Waals surface area contributed by atoms with Crippen molar-refractivity contribution in [3.8, 4) is 5.69 Å². The molecule has 8 heteroatoms. The van der Waals surface area contributed by atoms with Gasteiger partial charge in [0.25, 0.3) is 0 Å². The first-order chi connectivity index (χ1) is 13.5. The fourth-order valence-corrected chi connectivity index (χ4v) is 3.55. The molecule has 1 aromatic heterocycles. The molecular weight excluding hydrogens is 397 g/mol. The van der Waals surface area contributed by atoms with Crippen LogP contribution in [0.2, 0.25) is 10.0 Å². The Hall–Kier alpha value is -2.70. The van der Waals surface area contributed by atoms with Crippen LogP contribution in [-0.4, -0.2) is 45.4 Å². The summed E-state index contributed by atoms with van der Waals surface area (Å²) in [4.78, 5) is 18.6. The van der Waals surface area contributed by atoms with Crippen LogP contribution in [-0.2, 0) is 17.8 Å². The molecule has 2 aromatic carbocycles. The quantitative estimate of drug-likeness (QED) is 0.659. The molecule has 0 spiro atoms. The van der Waals surface area contributed by atoms with E-state index in [-0.39, 0.29) is 12.3 Å². The van der Waals surface area contributed by atoms with Crippen molar-refractivity contribution in [2.75, 3.05) is 14.1 Å². The molecule has 1 aliphatic heterocycles. The third kappa shape index (κ3) is 3.30. The molecule has 0 N–H and O–H groups in total. The van der Waals surface area contributed by atoms with Gasteiger partial charge < -0.3 is 4.90 Å². The molecule has 0 saturated carbocycles. The summed E-state index contributed by atoms with van der Waals surface area (Å²) in [6.45, 7) is 0.315. The number of carbonyl (C=O) groups is 1. The van der Waals surface area contributed by atoms with E-state index in [2.05, 4.69) is 10.2 Å². The SMILES string of the molecule is CN(C)C(=O)Cc1nnc2n1-c1ccc(Cl)cc1C(c1ccccc1Cl)=NC2. The molecule has 0 atom stereocenters. The maximum atomic E-state index is 12.3. The molecule has 28 heavy (non-hydrogen) atoms. The maximum Gasteiger partial charge on any atom is 0.229 e. The first-order valence-electron chi connectivity index (χ1n) is 8.68. The minimum atomic E-state index is -0.0535. The summed E-state index contributed by atoms with van der Waals surface area (Å²) < 4.78 is 1.89. The molecule has 4 rings (SSSR count). The van der Waals surface area contributed by atoms with Gasteiger partial charge in [-0.15, -0.1) is 10.2 Å². The Morgan fingerprint density at radius 2 is 1.89 bits per heavy atom. The lowest BCUT2D eigenvalue weighted by atomic mass is 10.0. The van der Waals surface area contributed by atoms with Crippen molar-refractivity contribution in [3.63, 3.8) is 0 Å². The normalized spacial score (nSPS) is 12.6. The summed E-state index contributed by atoms with van der Waals surface area (Å²) in [6.07, 6.45) is 0.142. The number of rotatable bonds is 3. The van der Waals surface area contributed by atoms with E-state index in [1.807, 2.05) is 41.0 Å². The van der Waals surface area contributed by atoms with Crippen molar-refractivity contribution in [1.29, 1.82) is 0 Å². The Morgan fingerprint density at radius 3 is 2.64 bits per heavy atom. The van der Waals surface area contributed by atoms with Gasteiger partial charge in [0.15, 0.2) is 5.82 Å². The van der Waals surface area contributed by atoms with Crippen LogP contribution in [0.15, 0.2) is 47.5 Å². The van der Waals surface area contributed by atoms with Crippen molar-refractivity contribution in [1.82, 2.24) is 19.7 Å². The monoisotopic (exact) mass is 413 g/mol. The first kappa shape index (κ1) is 18.7. The Balaban J connectivity index is 1.90. The zero-order valence-corrected chi connectivity index (χ0v) is 16.9. The third-order valence-corrected chi connectivity index (χ3v) is 5.13. The highest BCUT2D eigenvalue weighted by Gasteiger charge is 2.25. The molecule has 2 heterocycles. The Morgan fingerprint density at radius 1 is 1.11 bits per heavy atom. The Labute approximate surface area is 172 Å². The van der Waals surface area contributed by atoms with Crippen molar-refractivity contribution >= 4 is 34.8 Å². The van der Waals surface area contributed by atoms with Crippen LogP contribution >= 0.6 is 23.2 Å². The van der Waals surface area contributed by atoms with Crippen molar-refractivity contribution in [2.45, 2.75) is 13.0 Å². The van der Waals surface area contributed by atoms with Gasteiger partial charge in [0.05, 0.1) is 17.8 Å². The molecule has 0 aliphatic carbocycles. The number of amides is 1.